The first kappa shape index (κ1) is 14.7. The number of carbonyl (C=O) groups excluding carboxylic acids is 2. The maximum absolute atomic E-state index is 12.6. The predicted molar refractivity (Wildman–Crippen MR) is 101 cm³/mol. The number of rotatable bonds is 5. The molecule has 1 aliphatic heterocycles. The van der Waals surface area contributed by atoms with E-state index in [9.17, 15) is 9.59 Å². The lowest BCUT2D eigenvalue weighted by molar-refractivity contribution is -0.0322. The first-order valence-electron chi connectivity index (χ1n) is 10.3. The summed E-state index contributed by atoms with van der Waals surface area (Å²) in [6, 6.07) is 12.7. The summed E-state index contributed by atoms with van der Waals surface area (Å²) in [5, 5.41) is 0. The molecule has 0 unspecified atom stereocenters. The minimum Gasteiger partial charge on any atom is -0.459 e. The van der Waals surface area contributed by atoms with Gasteiger partial charge in [-0.15, -0.1) is 0 Å². The van der Waals surface area contributed by atoms with Crippen LogP contribution in [-0.4, -0.2) is 36.3 Å². The summed E-state index contributed by atoms with van der Waals surface area (Å²) >= 11 is 5.90. The van der Waals surface area contributed by atoms with Crippen LogP contribution in [0.3, 0.4) is 0 Å². The second kappa shape index (κ2) is 8.55. The highest BCUT2D eigenvalue weighted by atomic mass is 35.5. The molecule has 3 atom stereocenters. The number of benzene rings is 2. The number of halogens is 1. The smallest absolute Gasteiger partial charge is 0.338 e. The summed E-state index contributed by atoms with van der Waals surface area (Å²) in [7, 11) is 0. The van der Waals surface area contributed by atoms with E-state index in [0.717, 1.165) is 11.1 Å². The Morgan fingerprint density at radius 1 is 1.07 bits per heavy atom. The normalized spacial score (nSPS) is 31.1. The highest BCUT2D eigenvalue weighted by Crippen LogP contribution is 2.27. The zero-order valence-corrected chi connectivity index (χ0v) is 15.6. The van der Waals surface area contributed by atoms with E-state index in [1.165, 1.54) is 24.3 Å². The van der Waals surface area contributed by atoms with Gasteiger partial charge < -0.3 is 14.2 Å². The molecule has 0 spiro atoms. The fourth-order valence-electron chi connectivity index (χ4n) is 2.32. The van der Waals surface area contributed by atoms with E-state index in [1.807, 2.05) is 13.8 Å². The van der Waals surface area contributed by atoms with Gasteiger partial charge >= 0.3 is 11.9 Å². The van der Waals surface area contributed by atoms with Crippen LogP contribution in [0.4, 0.5) is 0 Å². The van der Waals surface area contributed by atoms with Crippen molar-refractivity contribution < 1.29 is 29.3 Å². The van der Waals surface area contributed by atoms with Gasteiger partial charge in [-0.1, -0.05) is 47.0 Å². The molecule has 1 saturated heterocycles. The molecular formula is C21H21ClO5. The lowest BCUT2D eigenvalue weighted by Gasteiger charge is -2.19. The monoisotopic (exact) mass is 392 g/mol. The molecule has 6 heteroatoms. The van der Waals surface area contributed by atoms with Crippen LogP contribution in [0.5, 0.6) is 0 Å². The van der Waals surface area contributed by atoms with E-state index in [-0.39, 0.29) is 11.1 Å². The fourth-order valence-corrected chi connectivity index (χ4v) is 2.53. The van der Waals surface area contributed by atoms with Crippen molar-refractivity contribution in [3.63, 3.8) is 0 Å². The number of carbonyl (C=O) groups is 2. The zero-order valence-electron chi connectivity index (χ0n) is 18.8. The van der Waals surface area contributed by atoms with Crippen molar-refractivity contribution in [1.29, 1.82) is 0 Å². The summed E-state index contributed by atoms with van der Waals surface area (Å²) in [5.41, 5.74) is 0.288. The molecule has 0 radical (unpaired) electrons. The van der Waals surface area contributed by atoms with Crippen molar-refractivity contribution in [3.05, 3.63) is 70.8 Å². The third kappa shape index (κ3) is 5.08. The molecule has 0 N–H and O–H groups in total. The van der Waals surface area contributed by atoms with Crippen molar-refractivity contribution in [2.75, 3.05) is 6.61 Å². The van der Waals surface area contributed by atoms with Gasteiger partial charge in [-0.25, -0.2) is 9.59 Å². The Morgan fingerprint density at radius 3 is 2.15 bits per heavy atom. The topological polar surface area (TPSA) is 61.8 Å². The molecule has 5 nitrogen and oxygen atoms in total. The average Bonchev–Trinajstić information content (AvgIpc) is 2.84. The number of aryl methyl sites for hydroxylation is 2. The first-order chi connectivity index (χ1) is 14.4. The Balaban J connectivity index is 1.84. The Kier molecular flexibility index (Phi) is 4.64. The molecule has 27 heavy (non-hydrogen) atoms. The average molecular weight is 393 g/mol. The van der Waals surface area contributed by atoms with E-state index >= 15 is 0 Å². The number of hydrogen-bond acceptors (Lipinski definition) is 5. The van der Waals surface area contributed by atoms with Gasteiger partial charge in [0.05, 0.1) is 13.9 Å². The van der Waals surface area contributed by atoms with Crippen molar-refractivity contribution in [2.24, 2.45) is 0 Å². The van der Waals surface area contributed by atoms with E-state index < -0.39 is 42.6 Å². The van der Waals surface area contributed by atoms with Gasteiger partial charge in [0.25, 0.3) is 0 Å². The third-order valence-electron chi connectivity index (χ3n) is 3.85. The molecular weight excluding hydrogens is 368 g/mol. The number of hydrogen-bond donors (Lipinski definition) is 0. The predicted octanol–water partition coefficient (Wildman–Crippen LogP) is 4.04. The molecule has 0 aliphatic carbocycles. The first-order valence-corrected chi connectivity index (χ1v) is 8.69. The summed E-state index contributed by atoms with van der Waals surface area (Å²) in [5.74, 6) is -1.84. The lowest BCUT2D eigenvalue weighted by atomic mass is 10.1. The maximum atomic E-state index is 12.6. The Labute approximate surface area is 168 Å². The van der Waals surface area contributed by atoms with Gasteiger partial charge in [0.2, 0.25) is 0 Å². The Morgan fingerprint density at radius 2 is 1.59 bits per heavy atom. The summed E-state index contributed by atoms with van der Waals surface area (Å²) < 4.78 is 48.8. The van der Waals surface area contributed by atoms with Crippen LogP contribution >= 0.6 is 11.6 Å². The van der Waals surface area contributed by atoms with Crippen molar-refractivity contribution >= 4 is 23.5 Å². The highest BCUT2D eigenvalue weighted by Gasteiger charge is 2.38. The molecule has 1 aliphatic rings. The van der Waals surface area contributed by atoms with E-state index in [0.29, 0.717) is 0 Å². The SMILES string of the molecule is [2H]C1([2H])[C@@H](Cl)O[C@]([2H])(COC(=O)c2ccc(C)cc2)[C@@]1([2H])OC(=O)c1ccc(C)cc1. The highest BCUT2D eigenvalue weighted by molar-refractivity contribution is 6.19. The summed E-state index contributed by atoms with van der Waals surface area (Å²) in [4.78, 5) is 24.9. The molecule has 1 fully saturated rings. The van der Waals surface area contributed by atoms with Gasteiger partial charge in [0, 0.05) is 9.11 Å². The van der Waals surface area contributed by atoms with E-state index in [2.05, 4.69) is 0 Å². The van der Waals surface area contributed by atoms with Crippen LogP contribution in [0.25, 0.3) is 0 Å². The molecule has 0 amide bonds. The summed E-state index contributed by atoms with van der Waals surface area (Å²) in [6.45, 7) is 2.78. The number of ether oxygens (including phenoxy) is 3. The standard InChI is InChI=1S/C21H21ClO5/c1-13-3-7-15(8-4-13)20(23)25-12-18-17(11-19(22)26-18)27-21(24)16-9-5-14(2)6-10-16/h3-10,17-19H,11-12H2,1-2H3/t17-,18+,19-/m0/s1/i11D2,17D,18D. The molecule has 0 saturated carbocycles. The van der Waals surface area contributed by atoms with Crippen molar-refractivity contribution in [3.8, 4) is 0 Å². The molecule has 3 rings (SSSR count). The third-order valence-corrected chi connectivity index (χ3v) is 4.05. The van der Waals surface area contributed by atoms with Gasteiger partial charge in [-0.3, -0.25) is 0 Å². The van der Waals surface area contributed by atoms with Gasteiger partial charge in [0.15, 0.2) is 0 Å². The minimum atomic E-state index is -2.91. The number of alkyl halides is 1. The van der Waals surface area contributed by atoms with Crippen molar-refractivity contribution in [2.45, 2.75) is 37.9 Å². The van der Waals surface area contributed by atoms with Crippen molar-refractivity contribution in [1.82, 2.24) is 0 Å². The van der Waals surface area contributed by atoms with Crippen LogP contribution in [0.2, 0.25) is 0 Å². The zero-order chi connectivity index (χ0) is 23.0. The molecule has 0 aromatic heterocycles. The Hall–Kier alpha value is -2.37. The molecule has 0 bridgehead atoms. The molecule has 1 heterocycles. The van der Waals surface area contributed by atoms with Crippen LogP contribution in [0, 0.1) is 13.8 Å². The van der Waals surface area contributed by atoms with E-state index in [1.54, 1.807) is 24.3 Å². The number of esters is 2. The van der Waals surface area contributed by atoms with Crippen LogP contribution < -0.4 is 0 Å². The summed E-state index contributed by atoms with van der Waals surface area (Å²) in [6.07, 6.45) is -8.29. The van der Waals surface area contributed by atoms with Gasteiger partial charge in [-0.05, 0) is 38.1 Å². The quantitative estimate of drug-likeness (QED) is 0.567. The largest absolute Gasteiger partial charge is 0.459 e. The van der Waals surface area contributed by atoms with Crippen LogP contribution in [0.1, 0.15) is 43.7 Å². The maximum Gasteiger partial charge on any atom is 0.338 e. The Bertz CT molecular complexity index is 982. The van der Waals surface area contributed by atoms with Crippen LogP contribution in [-0.2, 0) is 14.2 Å². The second-order valence-electron chi connectivity index (χ2n) is 6.03. The van der Waals surface area contributed by atoms with Gasteiger partial charge in [-0.2, -0.15) is 0 Å². The van der Waals surface area contributed by atoms with Gasteiger partial charge in [0.1, 0.15) is 24.3 Å². The minimum absolute atomic E-state index is 0.0602. The molecule has 142 valence electrons. The fraction of sp³-hybridized carbons (Fsp3) is 0.333. The van der Waals surface area contributed by atoms with Crippen LogP contribution in [0.15, 0.2) is 48.5 Å². The molecule has 2 aromatic carbocycles. The van der Waals surface area contributed by atoms with E-state index in [4.69, 9.17) is 31.3 Å². The molecule has 2 aromatic rings. The second-order valence-corrected chi connectivity index (χ2v) is 6.42. The lowest BCUT2D eigenvalue weighted by Crippen LogP contribution is -2.32.